The third-order valence-corrected chi connectivity index (χ3v) is 3.46. The molecule has 1 aromatic heterocycles. The standard InChI is InChI=1S/C13H9F6N3O2S/c1-25(23,24)22-9-5-3-2-4-7(9)8-6-10(12(14,15)16)20-21-11(8)13(17,18)19/h2-6,22H,1H3. The van der Waals surface area contributed by atoms with Gasteiger partial charge in [-0.05, 0) is 12.1 Å². The molecular weight excluding hydrogens is 376 g/mol. The van der Waals surface area contributed by atoms with Crippen molar-refractivity contribution >= 4 is 15.7 Å². The fourth-order valence-corrected chi connectivity index (χ4v) is 2.53. The maximum atomic E-state index is 13.1. The first-order chi connectivity index (χ1) is 11.3. The molecule has 0 aliphatic heterocycles. The van der Waals surface area contributed by atoms with Crippen LogP contribution in [0.3, 0.4) is 0 Å². The van der Waals surface area contributed by atoms with E-state index in [1.54, 1.807) is 0 Å². The van der Waals surface area contributed by atoms with Crippen LogP contribution < -0.4 is 4.72 Å². The van der Waals surface area contributed by atoms with Crippen LogP contribution in [0.15, 0.2) is 30.3 Å². The molecule has 0 saturated heterocycles. The van der Waals surface area contributed by atoms with Gasteiger partial charge in [-0.3, -0.25) is 4.72 Å². The highest BCUT2D eigenvalue weighted by molar-refractivity contribution is 7.92. The highest BCUT2D eigenvalue weighted by atomic mass is 32.2. The van der Waals surface area contributed by atoms with E-state index in [9.17, 15) is 34.8 Å². The molecule has 2 rings (SSSR count). The van der Waals surface area contributed by atoms with Crippen molar-refractivity contribution in [3.8, 4) is 11.1 Å². The highest BCUT2D eigenvalue weighted by Crippen LogP contribution is 2.40. The maximum absolute atomic E-state index is 13.1. The Bertz CT molecular complexity index is 893. The summed E-state index contributed by atoms with van der Waals surface area (Å²) in [5.41, 5.74) is -4.98. The number of rotatable bonds is 3. The topological polar surface area (TPSA) is 72.0 Å². The number of sulfonamides is 1. The van der Waals surface area contributed by atoms with Crippen LogP contribution >= 0.6 is 0 Å². The van der Waals surface area contributed by atoms with Crippen LogP contribution in [-0.4, -0.2) is 24.9 Å². The van der Waals surface area contributed by atoms with Crippen molar-refractivity contribution in [2.24, 2.45) is 0 Å². The van der Waals surface area contributed by atoms with Gasteiger partial charge in [-0.15, -0.1) is 10.2 Å². The Kier molecular flexibility index (Phi) is 4.68. The molecule has 1 N–H and O–H groups in total. The number of hydrogen-bond donors (Lipinski definition) is 1. The molecule has 2 aromatic rings. The van der Waals surface area contributed by atoms with Crippen LogP contribution in [0.5, 0.6) is 0 Å². The lowest BCUT2D eigenvalue weighted by Crippen LogP contribution is -2.17. The lowest BCUT2D eigenvalue weighted by atomic mass is 10.0. The van der Waals surface area contributed by atoms with Gasteiger partial charge in [-0.2, -0.15) is 26.3 Å². The first kappa shape index (κ1) is 19.0. The van der Waals surface area contributed by atoms with Gasteiger partial charge in [0.05, 0.1) is 11.9 Å². The molecule has 1 heterocycles. The predicted octanol–water partition coefficient (Wildman–Crippen LogP) is 3.55. The summed E-state index contributed by atoms with van der Waals surface area (Å²) >= 11 is 0. The van der Waals surface area contributed by atoms with E-state index in [2.05, 4.69) is 10.2 Å². The van der Waals surface area contributed by atoms with Crippen molar-refractivity contribution in [3.63, 3.8) is 0 Å². The monoisotopic (exact) mass is 385 g/mol. The van der Waals surface area contributed by atoms with Crippen molar-refractivity contribution in [2.45, 2.75) is 12.4 Å². The highest BCUT2D eigenvalue weighted by Gasteiger charge is 2.40. The lowest BCUT2D eigenvalue weighted by Gasteiger charge is -2.16. The van der Waals surface area contributed by atoms with Gasteiger partial charge in [-0.1, -0.05) is 18.2 Å². The van der Waals surface area contributed by atoms with E-state index in [4.69, 9.17) is 0 Å². The van der Waals surface area contributed by atoms with Gasteiger partial charge in [0.25, 0.3) is 0 Å². The Morgan fingerprint density at radius 1 is 0.920 bits per heavy atom. The largest absolute Gasteiger partial charge is 0.435 e. The molecule has 5 nitrogen and oxygen atoms in total. The first-order valence-corrected chi connectivity index (χ1v) is 8.27. The van der Waals surface area contributed by atoms with Gasteiger partial charge < -0.3 is 0 Å². The number of aromatic nitrogens is 2. The van der Waals surface area contributed by atoms with Crippen molar-refractivity contribution in [2.75, 3.05) is 11.0 Å². The molecule has 1 aromatic carbocycles. The molecular formula is C13H9F6N3O2S. The van der Waals surface area contributed by atoms with Gasteiger partial charge in [0.15, 0.2) is 11.4 Å². The summed E-state index contributed by atoms with van der Waals surface area (Å²) in [5.74, 6) is 0. The molecule has 0 spiro atoms. The Morgan fingerprint density at radius 3 is 2.04 bits per heavy atom. The summed E-state index contributed by atoms with van der Waals surface area (Å²) in [6.07, 6.45) is -9.36. The lowest BCUT2D eigenvalue weighted by molar-refractivity contribution is -0.147. The van der Waals surface area contributed by atoms with Crippen molar-refractivity contribution < 1.29 is 34.8 Å². The second kappa shape index (κ2) is 6.17. The molecule has 0 radical (unpaired) electrons. The van der Waals surface area contributed by atoms with E-state index in [1.165, 1.54) is 12.1 Å². The van der Waals surface area contributed by atoms with Gasteiger partial charge >= 0.3 is 12.4 Å². The van der Waals surface area contributed by atoms with E-state index >= 15 is 0 Å². The third-order valence-electron chi connectivity index (χ3n) is 2.87. The van der Waals surface area contributed by atoms with E-state index < -0.39 is 44.9 Å². The number of para-hydroxylation sites is 1. The van der Waals surface area contributed by atoms with Crippen LogP contribution in [-0.2, 0) is 22.4 Å². The molecule has 0 atom stereocenters. The minimum Gasteiger partial charge on any atom is -0.283 e. The second-order valence-corrected chi connectivity index (χ2v) is 6.66. The molecule has 0 fully saturated rings. The molecule has 12 heteroatoms. The van der Waals surface area contributed by atoms with E-state index in [0.717, 1.165) is 18.4 Å². The van der Waals surface area contributed by atoms with Crippen LogP contribution in [0, 0.1) is 0 Å². The van der Waals surface area contributed by atoms with Crippen molar-refractivity contribution in [1.29, 1.82) is 0 Å². The van der Waals surface area contributed by atoms with Gasteiger partial charge in [0.2, 0.25) is 10.0 Å². The predicted molar refractivity (Wildman–Crippen MR) is 75.9 cm³/mol. The van der Waals surface area contributed by atoms with Gasteiger partial charge in [-0.25, -0.2) is 8.42 Å². The number of alkyl halides is 6. The molecule has 0 unspecified atom stereocenters. The summed E-state index contributed by atoms with van der Waals surface area (Å²) in [4.78, 5) is 0. The maximum Gasteiger partial charge on any atom is 0.435 e. The third kappa shape index (κ3) is 4.59. The number of nitrogens with one attached hydrogen (secondary N) is 1. The van der Waals surface area contributed by atoms with Crippen LogP contribution in [0.1, 0.15) is 11.4 Å². The van der Waals surface area contributed by atoms with Gasteiger partial charge in [0.1, 0.15) is 0 Å². The molecule has 0 aliphatic rings. The van der Waals surface area contributed by atoms with Gasteiger partial charge in [0, 0.05) is 11.1 Å². The molecule has 136 valence electrons. The summed E-state index contributed by atoms with van der Waals surface area (Å²) in [7, 11) is -3.88. The fraction of sp³-hybridized carbons (Fsp3) is 0.231. The average molecular weight is 385 g/mol. The summed E-state index contributed by atoms with van der Waals surface area (Å²) in [6.45, 7) is 0. The number of halogens is 6. The normalized spacial score (nSPS) is 12.9. The number of hydrogen-bond acceptors (Lipinski definition) is 4. The zero-order chi connectivity index (χ0) is 19.0. The molecule has 0 amide bonds. The number of benzene rings is 1. The van der Waals surface area contributed by atoms with Crippen molar-refractivity contribution in [1.82, 2.24) is 10.2 Å². The minimum atomic E-state index is -5.09. The molecule has 0 saturated carbocycles. The zero-order valence-corrected chi connectivity index (χ0v) is 13.1. The van der Waals surface area contributed by atoms with Crippen LogP contribution in [0.2, 0.25) is 0 Å². The Labute approximate surface area is 137 Å². The second-order valence-electron chi connectivity index (χ2n) is 4.91. The van der Waals surface area contributed by atoms with E-state index in [0.29, 0.717) is 0 Å². The summed E-state index contributed by atoms with van der Waals surface area (Å²) in [5, 5.41) is 5.23. The quantitative estimate of drug-likeness (QED) is 0.821. The van der Waals surface area contributed by atoms with Crippen molar-refractivity contribution in [3.05, 3.63) is 41.7 Å². The Hall–Kier alpha value is -2.37. The number of anilines is 1. The summed E-state index contributed by atoms with van der Waals surface area (Å²) in [6, 6.07) is 4.89. The summed E-state index contributed by atoms with van der Waals surface area (Å²) < 4.78 is 102. The molecule has 0 aliphatic carbocycles. The van der Waals surface area contributed by atoms with Crippen LogP contribution in [0.25, 0.3) is 11.1 Å². The van der Waals surface area contributed by atoms with E-state index in [1.807, 2.05) is 4.72 Å². The Balaban J connectivity index is 2.77. The SMILES string of the molecule is CS(=O)(=O)Nc1ccccc1-c1cc(C(F)(F)F)nnc1C(F)(F)F. The fourth-order valence-electron chi connectivity index (χ4n) is 1.95. The molecule has 0 bridgehead atoms. The van der Waals surface area contributed by atoms with E-state index in [-0.39, 0.29) is 11.8 Å². The smallest absolute Gasteiger partial charge is 0.283 e. The first-order valence-electron chi connectivity index (χ1n) is 6.38. The zero-order valence-electron chi connectivity index (χ0n) is 12.3. The minimum absolute atomic E-state index is 0.179. The average Bonchev–Trinajstić information content (AvgIpc) is 2.43. The number of nitrogens with zero attached hydrogens (tertiary/aromatic N) is 2. The van der Waals surface area contributed by atoms with Crippen LogP contribution in [0.4, 0.5) is 32.0 Å². The molecule has 25 heavy (non-hydrogen) atoms. The Morgan fingerprint density at radius 2 is 1.52 bits per heavy atom.